The highest BCUT2D eigenvalue weighted by Crippen LogP contribution is 2.55. The van der Waals surface area contributed by atoms with Crippen molar-refractivity contribution in [2.75, 3.05) is 31.0 Å². The molecule has 2 N–H and O–H groups in total. The molecule has 0 unspecified atom stereocenters. The smallest absolute Gasteiger partial charge is 0.341 e. The molecule has 8 heteroatoms. The van der Waals surface area contributed by atoms with Gasteiger partial charge < -0.3 is 14.7 Å². The van der Waals surface area contributed by atoms with Gasteiger partial charge in [0.2, 0.25) is 0 Å². The van der Waals surface area contributed by atoms with Crippen molar-refractivity contribution >= 4 is 21.7 Å². The number of hydrogen-bond donors (Lipinski definition) is 2. The van der Waals surface area contributed by atoms with Crippen LogP contribution in [0.3, 0.4) is 0 Å². The van der Waals surface area contributed by atoms with Gasteiger partial charge in [-0.15, -0.1) is 0 Å². The molecule has 7 rings (SSSR count). The van der Waals surface area contributed by atoms with Gasteiger partial charge in [-0.25, -0.2) is 13.2 Å². The van der Waals surface area contributed by atoms with E-state index in [1.165, 1.54) is 12.8 Å². The topological polar surface area (TPSA) is 95.9 Å². The molecule has 7 nitrogen and oxygen atoms in total. The Balaban J connectivity index is 1.32. The number of nitrogens with zero attached hydrogens (tertiary/aromatic N) is 1. The summed E-state index contributed by atoms with van der Waals surface area (Å²) in [7, 11) is -3.98. The minimum absolute atomic E-state index is 0.0537. The van der Waals surface area contributed by atoms with Crippen LogP contribution in [-0.2, 0) is 16.4 Å². The highest BCUT2D eigenvalue weighted by molar-refractivity contribution is 7.92. The quantitative estimate of drug-likeness (QED) is 0.673. The number of hydrogen-bond acceptors (Lipinski definition) is 5. The van der Waals surface area contributed by atoms with Crippen LogP contribution in [0.5, 0.6) is 5.75 Å². The minimum Gasteiger partial charge on any atom is -0.492 e. The van der Waals surface area contributed by atoms with E-state index in [1.54, 1.807) is 18.2 Å². The number of nitrogens with one attached hydrogen (secondary N) is 1. The normalized spacial score (nSPS) is 29.5. The molecule has 174 valence electrons. The fourth-order valence-corrected chi connectivity index (χ4v) is 7.41. The summed E-state index contributed by atoms with van der Waals surface area (Å²) in [6.07, 6.45) is 4.05. The van der Waals surface area contributed by atoms with Crippen molar-refractivity contribution in [3.05, 3.63) is 53.1 Å². The zero-order chi connectivity index (χ0) is 22.7. The SMILES string of the molecule is O=C(O)c1c(NS(=O)(=O)c2ccccc2C[C@H]2CN3CCC2CC3)ccc2c1OC[C@@H]1C[C@H]21. The van der Waals surface area contributed by atoms with E-state index in [0.717, 1.165) is 37.2 Å². The van der Waals surface area contributed by atoms with E-state index in [1.807, 2.05) is 18.2 Å². The van der Waals surface area contributed by atoms with Gasteiger partial charge in [0.05, 0.1) is 17.2 Å². The molecule has 1 saturated carbocycles. The molecule has 33 heavy (non-hydrogen) atoms. The predicted octanol–water partition coefficient (Wildman–Crippen LogP) is 3.57. The third kappa shape index (κ3) is 3.69. The Morgan fingerprint density at radius 3 is 2.64 bits per heavy atom. The Labute approximate surface area is 193 Å². The first-order valence-electron chi connectivity index (χ1n) is 11.8. The maximum absolute atomic E-state index is 13.5. The van der Waals surface area contributed by atoms with Crippen LogP contribution in [0.15, 0.2) is 41.3 Å². The van der Waals surface area contributed by atoms with Crippen molar-refractivity contribution < 1.29 is 23.1 Å². The number of rotatable bonds is 6. The van der Waals surface area contributed by atoms with E-state index in [2.05, 4.69) is 9.62 Å². The van der Waals surface area contributed by atoms with Crippen molar-refractivity contribution in [3.8, 4) is 5.75 Å². The Hall–Kier alpha value is -2.58. The molecule has 4 heterocycles. The fourth-order valence-electron chi connectivity index (χ4n) is 6.08. The highest BCUT2D eigenvalue weighted by atomic mass is 32.2. The van der Waals surface area contributed by atoms with E-state index in [9.17, 15) is 18.3 Å². The lowest BCUT2D eigenvalue weighted by molar-refractivity contribution is 0.0510. The maximum Gasteiger partial charge on any atom is 0.341 e. The summed E-state index contributed by atoms with van der Waals surface area (Å²) >= 11 is 0. The first-order chi connectivity index (χ1) is 15.9. The van der Waals surface area contributed by atoms with Crippen LogP contribution < -0.4 is 9.46 Å². The molecular weight excluding hydrogens is 440 g/mol. The van der Waals surface area contributed by atoms with E-state index >= 15 is 0 Å². The van der Waals surface area contributed by atoms with Crippen LogP contribution in [0.25, 0.3) is 0 Å². The number of anilines is 1. The number of benzene rings is 2. The first-order valence-corrected chi connectivity index (χ1v) is 13.2. The van der Waals surface area contributed by atoms with Gasteiger partial charge in [0.15, 0.2) is 0 Å². The molecule has 0 spiro atoms. The molecule has 4 aliphatic heterocycles. The highest BCUT2D eigenvalue weighted by Gasteiger charge is 2.45. The van der Waals surface area contributed by atoms with E-state index in [-0.39, 0.29) is 16.1 Å². The first kappa shape index (κ1) is 21.0. The van der Waals surface area contributed by atoms with Gasteiger partial charge in [-0.2, -0.15) is 0 Å². The van der Waals surface area contributed by atoms with Gasteiger partial charge in [0, 0.05) is 12.5 Å². The van der Waals surface area contributed by atoms with Crippen LogP contribution in [0.1, 0.15) is 46.7 Å². The molecule has 0 aromatic heterocycles. The minimum atomic E-state index is -3.98. The second kappa shape index (κ2) is 7.74. The number of aromatic carboxylic acids is 1. The summed E-state index contributed by atoms with van der Waals surface area (Å²) in [6, 6.07) is 10.5. The molecular formula is C25H28N2O5S. The van der Waals surface area contributed by atoms with Crippen LogP contribution in [0.4, 0.5) is 5.69 Å². The van der Waals surface area contributed by atoms with Gasteiger partial charge >= 0.3 is 5.97 Å². The molecule has 2 aromatic rings. The third-order valence-corrected chi connectivity index (χ3v) is 9.41. The molecule has 5 aliphatic rings. The molecule has 2 aromatic carbocycles. The summed E-state index contributed by atoms with van der Waals surface area (Å²) < 4.78 is 35.3. The molecule has 4 fully saturated rings. The van der Waals surface area contributed by atoms with Gasteiger partial charge in [-0.3, -0.25) is 4.72 Å². The number of fused-ring (bicyclic) bond motifs is 6. The summed E-state index contributed by atoms with van der Waals surface area (Å²) in [5, 5.41) is 9.90. The summed E-state index contributed by atoms with van der Waals surface area (Å²) in [5.41, 5.74) is 1.61. The Morgan fingerprint density at radius 2 is 1.91 bits per heavy atom. The average Bonchev–Trinajstić information content (AvgIpc) is 3.60. The fraction of sp³-hybridized carbons (Fsp3) is 0.480. The van der Waals surface area contributed by atoms with Gasteiger partial charge in [-0.1, -0.05) is 24.3 Å². The lowest BCUT2D eigenvalue weighted by Crippen LogP contribution is -2.48. The molecule has 0 radical (unpaired) electrons. The number of carboxylic acid groups (broad SMARTS) is 1. The van der Waals surface area contributed by atoms with Crippen molar-refractivity contribution in [1.29, 1.82) is 0 Å². The number of sulfonamides is 1. The average molecular weight is 469 g/mol. The van der Waals surface area contributed by atoms with Gasteiger partial charge in [-0.05, 0) is 79.8 Å². The van der Waals surface area contributed by atoms with E-state index in [4.69, 9.17) is 4.74 Å². The van der Waals surface area contributed by atoms with Crippen LogP contribution in [-0.4, -0.2) is 50.6 Å². The Kier molecular flexibility index (Phi) is 4.92. The zero-order valence-corrected chi connectivity index (χ0v) is 19.2. The second-order valence-corrected chi connectivity index (χ2v) is 11.6. The monoisotopic (exact) mass is 468 g/mol. The van der Waals surface area contributed by atoms with Crippen molar-refractivity contribution in [2.45, 2.75) is 36.5 Å². The van der Waals surface area contributed by atoms with Gasteiger partial charge in [0.1, 0.15) is 11.3 Å². The lowest BCUT2D eigenvalue weighted by Gasteiger charge is -2.45. The lowest BCUT2D eigenvalue weighted by atomic mass is 9.76. The predicted molar refractivity (Wildman–Crippen MR) is 123 cm³/mol. The van der Waals surface area contributed by atoms with Crippen LogP contribution in [0.2, 0.25) is 0 Å². The van der Waals surface area contributed by atoms with Crippen molar-refractivity contribution in [1.82, 2.24) is 4.90 Å². The number of piperidine rings is 3. The van der Waals surface area contributed by atoms with Crippen molar-refractivity contribution in [2.24, 2.45) is 17.8 Å². The molecule has 3 saturated heterocycles. The summed E-state index contributed by atoms with van der Waals surface area (Å²) in [5.74, 6) is 0.967. The molecule has 1 aliphatic carbocycles. The molecule has 2 bridgehead atoms. The largest absolute Gasteiger partial charge is 0.492 e. The third-order valence-electron chi connectivity index (χ3n) is 7.95. The van der Waals surface area contributed by atoms with E-state index in [0.29, 0.717) is 42.4 Å². The molecule has 3 atom stereocenters. The van der Waals surface area contributed by atoms with Crippen LogP contribution >= 0.6 is 0 Å². The van der Waals surface area contributed by atoms with Crippen LogP contribution in [0, 0.1) is 17.8 Å². The van der Waals surface area contributed by atoms with Gasteiger partial charge in [0.25, 0.3) is 10.0 Å². The number of carbonyl (C=O) groups is 1. The van der Waals surface area contributed by atoms with E-state index < -0.39 is 16.0 Å². The van der Waals surface area contributed by atoms with Crippen molar-refractivity contribution in [3.63, 3.8) is 0 Å². The number of carboxylic acids is 1. The maximum atomic E-state index is 13.5. The zero-order valence-electron chi connectivity index (χ0n) is 18.4. The summed E-state index contributed by atoms with van der Waals surface area (Å²) in [6.45, 7) is 3.78. The summed E-state index contributed by atoms with van der Waals surface area (Å²) in [4.78, 5) is 14.8. The Bertz CT molecular complexity index is 1220. The second-order valence-electron chi connectivity index (χ2n) is 9.94. The Morgan fingerprint density at radius 1 is 1.12 bits per heavy atom. The standard InChI is InChI=1S/C25H28N2O5S/c28-25(29)23-21(6-5-19-20-12-18(20)14-32-24(19)23)26-33(30,31)22-4-2-1-3-16(22)11-17-13-27-9-7-15(17)8-10-27/h1-6,15,17-18,20,26H,7-14H2,(H,28,29)/t17-,18-,20-/m0/s1. The number of ether oxygens (including phenoxy) is 1. The molecule has 0 amide bonds.